The molecule has 1 N–H and O–H groups in total. The Kier molecular flexibility index (Phi) is 1.08. The van der Waals surface area contributed by atoms with Crippen molar-refractivity contribution in [2.24, 2.45) is 23.2 Å². The lowest BCUT2D eigenvalue weighted by Crippen LogP contribution is -2.46. The molecule has 4 saturated carbocycles. The second-order valence-corrected chi connectivity index (χ2v) is 5.65. The first-order chi connectivity index (χ1) is 6.00. The van der Waals surface area contributed by atoms with Crippen LogP contribution < -0.4 is 5.32 Å². The zero-order valence-electron chi connectivity index (χ0n) is 8.55. The molecule has 4 aliphatic carbocycles. The molecular formula is C11H17NO. The quantitative estimate of drug-likeness (QED) is 0.650. The lowest BCUT2D eigenvalue weighted by atomic mass is 9.79. The van der Waals surface area contributed by atoms with Gasteiger partial charge in [-0.25, -0.2) is 0 Å². The molecule has 4 rings (SSSR count). The molecule has 0 aromatic heterocycles. The molecule has 0 saturated heterocycles. The Morgan fingerprint density at radius 1 is 1.31 bits per heavy atom. The van der Waals surface area contributed by atoms with Gasteiger partial charge in [-0.3, -0.25) is 4.79 Å². The molecule has 2 unspecified atom stereocenters. The average molecular weight is 179 g/mol. The van der Waals surface area contributed by atoms with Gasteiger partial charge in [0.15, 0.2) is 0 Å². The van der Waals surface area contributed by atoms with Gasteiger partial charge >= 0.3 is 0 Å². The summed E-state index contributed by atoms with van der Waals surface area (Å²) >= 11 is 0. The van der Waals surface area contributed by atoms with Gasteiger partial charge in [0.1, 0.15) is 0 Å². The van der Waals surface area contributed by atoms with Crippen LogP contribution in [0.2, 0.25) is 0 Å². The smallest absolute Gasteiger partial charge is 0.217 e. The van der Waals surface area contributed by atoms with Crippen molar-refractivity contribution in [1.29, 1.82) is 0 Å². The fourth-order valence-corrected chi connectivity index (χ4v) is 4.47. The summed E-state index contributed by atoms with van der Waals surface area (Å²) in [6.45, 7) is 6.32. The minimum Gasteiger partial charge on any atom is -0.350 e. The van der Waals surface area contributed by atoms with Crippen LogP contribution in [-0.4, -0.2) is 11.4 Å². The maximum absolute atomic E-state index is 11.2. The fraction of sp³-hybridized carbons (Fsp3) is 0.909. The molecule has 13 heavy (non-hydrogen) atoms. The Morgan fingerprint density at radius 2 is 1.85 bits per heavy atom. The molecule has 2 heteroatoms. The normalized spacial score (nSPS) is 53.6. The first kappa shape index (κ1) is 7.84. The first-order valence-corrected chi connectivity index (χ1v) is 5.29. The summed E-state index contributed by atoms with van der Waals surface area (Å²) in [4.78, 5) is 11.2. The van der Waals surface area contributed by atoms with Crippen molar-refractivity contribution in [3.05, 3.63) is 0 Å². The van der Waals surface area contributed by atoms with E-state index in [1.165, 1.54) is 12.8 Å². The molecule has 0 radical (unpaired) electrons. The molecule has 0 aromatic carbocycles. The summed E-state index contributed by atoms with van der Waals surface area (Å²) in [7, 11) is 0. The predicted octanol–water partition coefficient (Wildman–Crippen LogP) is 1.56. The van der Waals surface area contributed by atoms with E-state index < -0.39 is 0 Å². The topological polar surface area (TPSA) is 29.1 Å². The van der Waals surface area contributed by atoms with Crippen molar-refractivity contribution in [3.63, 3.8) is 0 Å². The minimum absolute atomic E-state index is 0.156. The van der Waals surface area contributed by atoms with Gasteiger partial charge in [0.25, 0.3) is 0 Å². The summed E-state index contributed by atoms with van der Waals surface area (Å²) < 4.78 is 0. The van der Waals surface area contributed by atoms with Crippen LogP contribution in [0.4, 0.5) is 0 Å². The van der Waals surface area contributed by atoms with Gasteiger partial charge < -0.3 is 5.32 Å². The van der Waals surface area contributed by atoms with Crippen molar-refractivity contribution in [1.82, 2.24) is 5.32 Å². The molecule has 2 atom stereocenters. The van der Waals surface area contributed by atoms with Crippen LogP contribution >= 0.6 is 0 Å². The lowest BCUT2D eigenvalue weighted by molar-refractivity contribution is -0.120. The Hall–Kier alpha value is -0.530. The summed E-state index contributed by atoms with van der Waals surface area (Å²) in [6.07, 6.45) is 2.72. The first-order valence-electron chi connectivity index (χ1n) is 5.29. The standard InChI is InChI=1S/C11H17NO/c1-6(13)12-11-8-4-7(5-9(8)11)10(11,2)3/h7-9H,4-5H2,1-3H3,(H,12,13). The van der Waals surface area contributed by atoms with Crippen molar-refractivity contribution < 1.29 is 4.79 Å². The molecule has 1 amide bonds. The summed E-state index contributed by atoms with van der Waals surface area (Å²) in [5.41, 5.74) is 0.567. The number of nitrogens with one attached hydrogen (secondary N) is 1. The predicted molar refractivity (Wildman–Crippen MR) is 50.0 cm³/mol. The third-order valence-corrected chi connectivity index (χ3v) is 5.09. The molecule has 4 aliphatic rings. The van der Waals surface area contributed by atoms with Crippen molar-refractivity contribution >= 4 is 5.91 Å². The van der Waals surface area contributed by atoms with Gasteiger partial charge in [-0.2, -0.15) is 0 Å². The summed E-state index contributed by atoms with van der Waals surface area (Å²) in [6, 6.07) is 0. The van der Waals surface area contributed by atoms with Crippen LogP contribution in [0.1, 0.15) is 33.6 Å². The Labute approximate surface area is 79.1 Å². The number of carbonyl (C=O) groups is 1. The van der Waals surface area contributed by atoms with Crippen LogP contribution in [0.25, 0.3) is 0 Å². The van der Waals surface area contributed by atoms with Gasteiger partial charge in [0, 0.05) is 6.92 Å². The van der Waals surface area contributed by atoms with Crippen LogP contribution in [0.3, 0.4) is 0 Å². The van der Waals surface area contributed by atoms with Crippen LogP contribution in [0.5, 0.6) is 0 Å². The maximum Gasteiger partial charge on any atom is 0.217 e. The third kappa shape index (κ3) is 0.598. The zero-order chi connectivity index (χ0) is 9.43. The highest BCUT2D eigenvalue weighted by atomic mass is 16.1. The summed E-state index contributed by atoms with van der Waals surface area (Å²) in [5.74, 6) is 2.66. The minimum atomic E-state index is 0.156. The Morgan fingerprint density at radius 3 is 2.15 bits per heavy atom. The molecule has 0 aliphatic heterocycles. The highest BCUT2D eigenvalue weighted by Crippen LogP contribution is 2.80. The molecule has 4 bridgehead atoms. The zero-order valence-corrected chi connectivity index (χ0v) is 8.55. The van der Waals surface area contributed by atoms with E-state index in [0.29, 0.717) is 5.41 Å². The second kappa shape index (κ2) is 1.79. The van der Waals surface area contributed by atoms with E-state index in [4.69, 9.17) is 0 Å². The van der Waals surface area contributed by atoms with Crippen LogP contribution in [-0.2, 0) is 4.79 Å². The van der Waals surface area contributed by atoms with E-state index in [2.05, 4.69) is 19.2 Å². The summed E-state index contributed by atoms with van der Waals surface area (Å²) in [5, 5.41) is 3.23. The molecule has 0 spiro atoms. The average Bonchev–Trinajstić information content (AvgIpc) is 2.39. The van der Waals surface area contributed by atoms with Crippen molar-refractivity contribution in [2.45, 2.75) is 39.2 Å². The van der Waals surface area contributed by atoms with E-state index in [9.17, 15) is 4.79 Å². The van der Waals surface area contributed by atoms with Crippen molar-refractivity contribution in [3.8, 4) is 0 Å². The Bertz CT molecular complexity index is 282. The number of hydrogen-bond acceptors (Lipinski definition) is 1. The van der Waals surface area contributed by atoms with E-state index in [0.717, 1.165) is 17.8 Å². The van der Waals surface area contributed by atoms with Gasteiger partial charge in [0.05, 0.1) is 5.54 Å². The lowest BCUT2D eigenvalue weighted by Gasteiger charge is -2.32. The van der Waals surface area contributed by atoms with Gasteiger partial charge in [-0.1, -0.05) is 13.8 Å². The van der Waals surface area contributed by atoms with E-state index >= 15 is 0 Å². The van der Waals surface area contributed by atoms with E-state index in [1.807, 2.05) is 0 Å². The van der Waals surface area contributed by atoms with Crippen molar-refractivity contribution in [2.75, 3.05) is 0 Å². The molecule has 72 valence electrons. The monoisotopic (exact) mass is 179 g/mol. The number of amides is 1. The molecule has 0 heterocycles. The highest BCUT2D eigenvalue weighted by Gasteiger charge is 2.83. The Balaban J connectivity index is 1.98. The van der Waals surface area contributed by atoms with E-state index in [-0.39, 0.29) is 11.4 Å². The number of rotatable bonds is 1. The largest absolute Gasteiger partial charge is 0.350 e. The van der Waals surface area contributed by atoms with Crippen LogP contribution in [0.15, 0.2) is 0 Å². The number of carbonyl (C=O) groups excluding carboxylic acids is 1. The SMILES string of the molecule is CC(=O)NC12C3CC(CC31)C2(C)C. The maximum atomic E-state index is 11.2. The van der Waals surface area contributed by atoms with Crippen LogP contribution in [0, 0.1) is 23.2 Å². The number of hydrogen-bond donors (Lipinski definition) is 1. The fourth-order valence-electron chi connectivity index (χ4n) is 4.47. The highest BCUT2D eigenvalue weighted by molar-refractivity contribution is 5.75. The third-order valence-electron chi connectivity index (χ3n) is 5.09. The van der Waals surface area contributed by atoms with Gasteiger partial charge in [-0.05, 0) is 36.0 Å². The van der Waals surface area contributed by atoms with Gasteiger partial charge in [-0.15, -0.1) is 0 Å². The molecular weight excluding hydrogens is 162 g/mol. The van der Waals surface area contributed by atoms with Gasteiger partial charge in [0.2, 0.25) is 5.91 Å². The molecule has 0 aromatic rings. The molecule has 2 nitrogen and oxygen atoms in total. The molecule has 4 fully saturated rings. The van der Waals surface area contributed by atoms with E-state index in [1.54, 1.807) is 6.92 Å². The second-order valence-electron chi connectivity index (χ2n) is 5.65.